The minimum Gasteiger partial charge on any atom is -0.478 e. The smallest absolute Gasteiger partial charge is 0.339 e. The summed E-state index contributed by atoms with van der Waals surface area (Å²) in [6.45, 7) is 8.93. The molecule has 0 amide bonds. The van der Waals surface area contributed by atoms with Crippen LogP contribution in [0.25, 0.3) is 0 Å². The molecule has 2 N–H and O–H groups in total. The summed E-state index contributed by atoms with van der Waals surface area (Å²) in [5.74, 6) is -0.935. The quantitative estimate of drug-likeness (QED) is 0.775. The standard InChI is InChI=1S/C15H23N3O3/c1-11-10-13(14(15(19)20)12(2)17-11)16-4-3-5-18-6-8-21-9-7-18/h10H,3-9H2,1-2H3,(H,16,17)(H,19,20). The number of pyridine rings is 1. The Morgan fingerprint density at radius 2 is 2.14 bits per heavy atom. The van der Waals surface area contributed by atoms with Crippen LogP contribution in [0, 0.1) is 13.8 Å². The summed E-state index contributed by atoms with van der Waals surface area (Å²) in [5, 5.41) is 12.5. The Morgan fingerprint density at radius 1 is 1.43 bits per heavy atom. The summed E-state index contributed by atoms with van der Waals surface area (Å²) in [5.41, 5.74) is 2.31. The van der Waals surface area contributed by atoms with E-state index in [0.29, 0.717) is 11.4 Å². The number of morpholine rings is 1. The van der Waals surface area contributed by atoms with Crippen molar-refractivity contribution in [3.63, 3.8) is 0 Å². The van der Waals surface area contributed by atoms with Crippen LogP contribution in [0.5, 0.6) is 0 Å². The Kier molecular flexibility index (Phi) is 5.52. The predicted octanol–water partition coefficient (Wildman–Crippen LogP) is 1.53. The summed E-state index contributed by atoms with van der Waals surface area (Å²) in [7, 11) is 0. The van der Waals surface area contributed by atoms with Gasteiger partial charge in [-0.1, -0.05) is 0 Å². The van der Waals surface area contributed by atoms with E-state index in [1.54, 1.807) is 13.0 Å². The highest BCUT2D eigenvalue weighted by molar-refractivity contribution is 5.95. The van der Waals surface area contributed by atoms with Gasteiger partial charge >= 0.3 is 5.97 Å². The highest BCUT2D eigenvalue weighted by atomic mass is 16.5. The monoisotopic (exact) mass is 293 g/mol. The maximum atomic E-state index is 11.3. The SMILES string of the molecule is Cc1cc(NCCCN2CCOCC2)c(C(=O)O)c(C)n1. The van der Waals surface area contributed by atoms with Crippen LogP contribution in [-0.4, -0.2) is 60.4 Å². The lowest BCUT2D eigenvalue weighted by atomic mass is 10.1. The fourth-order valence-electron chi connectivity index (χ4n) is 2.59. The minimum absolute atomic E-state index is 0.270. The molecular weight excluding hydrogens is 270 g/mol. The van der Waals surface area contributed by atoms with E-state index in [1.807, 2.05) is 6.92 Å². The van der Waals surface area contributed by atoms with Gasteiger partial charge in [0.05, 0.1) is 24.6 Å². The first-order chi connectivity index (χ1) is 10.1. The Hall–Kier alpha value is -1.66. The number of hydrogen-bond acceptors (Lipinski definition) is 5. The maximum absolute atomic E-state index is 11.3. The van der Waals surface area contributed by atoms with Gasteiger partial charge in [0, 0.05) is 25.3 Å². The molecule has 1 fully saturated rings. The van der Waals surface area contributed by atoms with Gasteiger partial charge in [0.25, 0.3) is 0 Å². The molecule has 6 nitrogen and oxygen atoms in total. The number of rotatable bonds is 6. The second-order valence-corrected chi connectivity index (χ2v) is 5.31. The molecule has 0 bridgehead atoms. The molecule has 1 aliphatic heterocycles. The average molecular weight is 293 g/mol. The van der Waals surface area contributed by atoms with E-state index in [4.69, 9.17) is 4.74 Å². The predicted molar refractivity (Wildman–Crippen MR) is 81.0 cm³/mol. The first kappa shape index (κ1) is 15.7. The van der Waals surface area contributed by atoms with Crippen molar-refractivity contribution in [3.8, 4) is 0 Å². The third-order valence-electron chi connectivity index (χ3n) is 3.61. The summed E-state index contributed by atoms with van der Waals surface area (Å²) in [6.07, 6.45) is 0.972. The third kappa shape index (κ3) is 4.41. The van der Waals surface area contributed by atoms with Crippen LogP contribution in [0.2, 0.25) is 0 Å². The van der Waals surface area contributed by atoms with Gasteiger partial charge in [-0.2, -0.15) is 0 Å². The Labute approximate surface area is 125 Å². The Balaban J connectivity index is 1.88. The van der Waals surface area contributed by atoms with Crippen molar-refractivity contribution < 1.29 is 14.6 Å². The fourth-order valence-corrected chi connectivity index (χ4v) is 2.59. The van der Waals surface area contributed by atoms with Crippen molar-refractivity contribution >= 4 is 11.7 Å². The lowest BCUT2D eigenvalue weighted by Gasteiger charge is -2.26. The van der Waals surface area contributed by atoms with Crippen LogP contribution in [-0.2, 0) is 4.74 Å². The second kappa shape index (κ2) is 7.38. The molecular formula is C15H23N3O3. The van der Waals surface area contributed by atoms with Gasteiger partial charge in [0.15, 0.2) is 0 Å². The number of ether oxygens (including phenoxy) is 1. The number of nitrogens with one attached hydrogen (secondary N) is 1. The fraction of sp³-hybridized carbons (Fsp3) is 0.600. The Morgan fingerprint density at radius 3 is 2.81 bits per heavy atom. The molecule has 0 aromatic carbocycles. The molecule has 21 heavy (non-hydrogen) atoms. The number of aryl methyl sites for hydroxylation is 2. The zero-order valence-electron chi connectivity index (χ0n) is 12.7. The maximum Gasteiger partial charge on any atom is 0.339 e. The van der Waals surface area contributed by atoms with Gasteiger partial charge < -0.3 is 15.2 Å². The van der Waals surface area contributed by atoms with E-state index < -0.39 is 5.97 Å². The molecule has 0 atom stereocenters. The van der Waals surface area contributed by atoms with E-state index >= 15 is 0 Å². The number of hydrogen-bond donors (Lipinski definition) is 2. The van der Waals surface area contributed by atoms with Crippen LogP contribution in [0.1, 0.15) is 28.2 Å². The summed E-state index contributed by atoms with van der Waals surface area (Å²) in [4.78, 5) is 17.9. The molecule has 0 saturated carbocycles. The number of aromatic nitrogens is 1. The van der Waals surface area contributed by atoms with Crippen LogP contribution in [0.15, 0.2) is 6.07 Å². The minimum atomic E-state index is -0.935. The van der Waals surface area contributed by atoms with Crippen molar-refractivity contribution in [3.05, 3.63) is 23.0 Å². The molecule has 1 saturated heterocycles. The van der Waals surface area contributed by atoms with Crippen molar-refractivity contribution in [2.45, 2.75) is 20.3 Å². The molecule has 6 heteroatoms. The zero-order valence-corrected chi connectivity index (χ0v) is 12.7. The molecule has 1 aromatic rings. The molecule has 1 aromatic heterocycles. The normalized spacial score (nSPS) is 15.9. The highest BCUT2D eigenvalue weighted by Crippen LogP contribution is 2.19. The number of carboxylic acids is 1. The van der Waals surface area contributed by atoms with Gasteiger partial charge in [-0.15, -0.1) is 0 Å². The number of carbonyl (C=O) groups is 1. The summed E-state index contributed by atoms with van der Waals surface area (Å²) in [6, 6.07) is 1.80. The summed E-state index contributed by atoms with van der Waals surface area (Å²) >= 11 is 0. The lowest BCUT2D eigenvalue weighted by molar-refractivity contribution is 0.0378. The topological polar surface area (TPSA) is 74.7 Å². The first-order valence-corrected chi connectivity index (χ1v) is 7.33. The average Bonchev–Trinajstić information content (AvgIpc) is 2.43. The van der Waals surface area contributed by atoms with Gasteiger partial charge in [-0.3, -0.25) is 9.88 Å². The zero-order chi connectivity index (χ0) is 15.2. The lowest BCUT2D eigenvalue weighted by Crippen LogP contribution is -2.37. The van der Waals surface area contributed by atoms with Crippen molar-refractivity contribution in [2.75, 3.05) is 44.7 Å². The van der Waals surface area contributed by atoms with Gasteiger partial charge in [-0.25, -0.2) is 4.79 Å². The van der Waals surface area contributed by atoms with E-state index in [1.165, 1.54) is 0 Å². The summed E-state index contributed by atoms with van der Waals surface area (Å²) < 4.78 is 5.31. The molecule has 2 heterocycles. The molecule has 0 radical (unpaired) electrons. The molecule has 0 aliphatic carbocycles. The van der Waals surface area contributed by atoms with Crippen LogP contribution in [0.3, 0.4) is 0 Å². The van der Waals surface area contributed by atoms with Crippen LogP contribution >= 0.6 is 0 Å². The Bertz CT molecular complexity index is 499. The van der Waals surface area contributed by atoms with E-state index in [0.717, 1.165) is 51.5 Å². The van der Waals surface area contributed by atoms with E-state index in [9.17, 15) is 9.90 Å². The van der Waals surface area contributed by atoms with Crippen LogP contribution < -0.4 is 5.32 Å². The first-order valence-electron chi connectivity index (χ1n) is 7.33. The van der Waals surface area contributed by atoms with Gasteiger partial charge in [0.1, 0.15) is 5.56 Å². The number of nitrogens with zero attached hydrogens (tertiary/aromatic N) is 2. The van der Waals surface area contributed by atoms with Gasteiger partial charge in [0.2, 0.25) is 0 Å². The van der Waals surface area contributed by atoms with E-state index in [-0.39, 0.29) is 5.56 Å². The van der Waals surface area contributed by atoms with E-state index in [2.05, 4.69) is 15.2 Å². The van der Waals surface area contributed by atoms with Crippen molar-refractivity contribution in [1.82, 2.24) is 9.88 Å². The highest BCUT2D eigenvalue weighted by Gasteiger charge is 2.15. The number of aromatic carboxylic acids is 1. The second-order valence-electron chi connectivity index (χ2n) is 5.31. The molecule has 1 aliphatic rings. The van der Waals surface area contributed by atoms with Gasteiger partial charge in [-0.05, 0) is 32.9 Å². The molecule has 2 rings (SSSR count). The van der Waals surface area contributed by atoms with Crippen molar-refractivity contribution in [2.24, 2.45) is 0 Å². The van der Waals surface area contributed by atoms with Crippen LogP contribution in [0.4, 0.5) is 5.69 Å². The largest absolute Gasteiger partial charge is 0.478 e. The van der Waals surface area contributed by atoms with Crippen molar-refractivity contribution in [1.29, 1.82) is 0 Å². The number of anilines is 1. The number of carboxylic acid groups (broad SMARTS) is 1. The molecule has 0 unspecified atom stereocenters. The third-order valence-corrected chi connectivity index (χ3v) is 3.61. The molecule has 0 spiro atoms. The molecule has 116 valence electrons.